The van der Waals surface area contributed by atoms with E-state index in [0.717, 1.165) is 21.9 Å². The summed E-state index contributed by atoms with van der Waals surface area (Å²) in [5, 5.41) is 3.25. The van der Waals surface area contributed by atoms with Gasteiger partial charge in [-0.15, -0.1) is 0 Å². The summed E-state index contributed by atoms with van der Waals surface area (Å²) < 4.78 is 11.3. The van der Waals surface area contributed by atoms with Crippen LogP contribution in [-0.4, -0.2) is 24.2 Å². The molecule has 0 fully saturated rings. The highest BCUT2D eigenvalue weighted by Crippen LogP contribution is 2.31. The Morgan fingerprint density at radius 3 is 2.48 bits per heavy atom. The largest absolute Gasteiger partial charge is 0.497 e. The summed E-state index contributed by atoms with van der Waals surface area (Å²) in [5.41, 5.74) is 0.818. The zero-order chi connectivity index (χ0) is 15.4. The molecule has 1 N–H and O–H groups in total. The maximum atomic E-state index is 5.37. The van der Waals surface area contributed by atoms with E-state index in [-0.39, 0.29) is 5.92 Å². The number of anilines is 2. The van der Waals surface area contributed by atoms with E-state index in [4.69, 9.17) is 9.47 Å². The van der Waals surface area contributed by atoms with Crippen LogP contribution in [0.4, 0.5) is 11.5 Å². The van der Waals surface area contributed by atoms with E-state index in [9.17, 15) is 0 Å². The van der Waals surface area contributed by atoms with Gasteiger partial charge in [0.15, 0.2) is 0 Å². The Bertz CT molecular complexity index is 632. The van der Waals surface area contributed by atoms with E-state index in [2.05, 4.69) is 45.1 Å². The van der Waals surface area contributed by atoms with Crippen LogP contribution in [0.5, 0.6) is 11.5 Å². The van der Waals surface area contributed by atoms with Crippen LogP contribution in [-0.2, 0) is 0 Å². The molecule has 112 valence electrons. The molecule has 0 spiro atoms. The third kappa shape index (κ3) is 3.85. The van der Waals surface area contributed by atoms with E-state index >= 15 is 0 Å². The normalized spacial score (nSPS) is 10.6. The molecule has 0 bridgehead atoms. The summed E-state index contributed by atoms with van der Waals surface area (Å²) in [7, 11) is 3.24. The smallest absolute Gasteiger partial charge is 0.146 e. The first kappa shape index (κ1) is 15.6. The number of methoxy groups -OCH3 is 2. The molecule has 0 amide bonds. The minimum absolute atomic E-state index is 0.251. The third-order valence-corrected chi connectivity index (χ3v) is 3.31. The van der Waals surface area contributed by atoms with E-state index in [1.807, 2.05) is 24.3 Å². The van der Waals surface area contributed by atoms with Crippen molar-refractivity contribution in [3.05, 3.63) is 34.7 Å². The Balaban J connectivity index is 2.33. The van der Waals surface area contributed by atoms with Gasteiger partial charge in [-0.05, 0) is 28.1 Å². The first-order chi connectivity index (χ1) is 10.0. The second-order valence-electron chi connectivity index (χ2n) is 4.78. The molecule has 1 heterocycles. The number of rotatable bonds is 5. The molecule has 1 aromatic heterocycles. The zero-order valence-corrected chi connectivity index (χ0v) is 14.1. The van der Waals surface area contributed by atoms with Crippen LogP contribution in [0.15, 0.2) is 28.9 Å². The molecule has 2 aromatic rings. The molecule has 0 aliphatic carbocycles. The minimum atomic E-state index is 0.251. The summed E-state index contributed by atoms with van der Waals surface area (Å²) in [5.74, 6) is 3.17. The monoisotopic (exact) mass is 351 g/mol. The molecule has 21 heavy (non-hydrogen) atoms. The number of aromatic nitrogens is 2. The number of ether oxygens (including phenoxy) is 2. The number of benzene rings is 1. The van der Waals surface area contributed by atoms with Gasteiger partial charge >= 0.3 is 0 Å². The lowest BCUT2D eigenvalue weighted by Crippen LogP contribution is -2.03. The van der Waals surface area contributed by atoms with Gasteiger partial charge in [0.2, 0.25) is 0 Å². The maximum absolute atomic E-state index is 5.37. The van der Waals surface area contributed by atoms with Crippen molar-refractivity contribution < 1.29 is 9.47 Å². The molecule has 0 saturated heterocycles. The number of nitrogens with one attached hydrogen (secondary N) is 1. The molecule has 0 atom stereocenters. The van der Waals surface area contributed by atoms with Gasteiger partial charge < -0.3 is 14.8 Å². The summed E-state index contributed by atoms with van der Waals surface area (Å²) in [6.45, 7) is 4.11. The maximum Gasteiger partial charge on any atom is 0.146 e. The highest BCUT2D eigenvalue weighted by Gasteiger charge is 2.10. The third-order valence-electron chi connectivity index (χ3n) is 2.90. The van der Waals surface area contributed by atoms with Crippen LogP contribution in [0.1, 0.15) is 25.6 Å². The van der Waals surface area contributed by atoms with Gasteiger partial charge in [-0.25, -0.2) is 9.97 Å². The Labute approximate surface area is 132 Å². The van der Waals surface area contributed by atoms with E-state index < -0.39 is 0 Å². The van der Waals surface area contributed by atoms with Gasteiger partial charge in [0.25, 0.3) is 0 Å². The van der Waals surface area contributed by atoms with Crippen molar-refractivity contribution >= 4 is 27.4 Å². The Morgan fingerprint density at radius 2 is 1.86 bits per heavy atom. The van der Waals surface area contributed by atoms with E-state index in [1.165, 1.54) is 0 Å². The first-order valence-electron chi connectivity index (χ1n) is 6.57. The van der Waals surface area contributed by atoms with Crippen LogP contribution in [0, 0.1) is 0 Å². The van der Waals surface area contributed by atoms with E-state index in [0.29, 0.717) is 11.6 Å². The molecular weight excluding hydrogens is 334 g/mol. The van der Waals surface area contributed by atoms with Crippen LogP contribution in [0.3, 0.4) is 0 Å². The molecular formula is C15H18BrN3O2. The van der Waals surface area contributed by atoms with Crippen molar-refractivity contribution in [1.82, 2.24) is 9.97 Å². The highest BCUT2D eigenvalue weighted by molar-refractivity contribution is 9.10. The average Bonchev–Trinajstić information content (AvgIpc) is 2.47. The zero-order valence-electron chi connectivity index (χ0n) is 12.5. The molecule has 0 aliphatic rings. The Morgan fingerprint density at radius 1 is 1.10 bits per heavy atom. The molecule has 0 radical (unpaired) electrons. The second kappa shape index (κ2) is 6.76. The predicted molar refractivity (Wildman–Crippen MR) is 86.6 cm³/mol. The predicted octanol–water partition coefficient (Wildman–Crippen LogP) is 4.12. The number of halogens is 1. The van der Waals surface area contributed by atoms with Gasteiger partial charge in [-0.2, -0.15) is 0 Å². The molecule has 5 nitrogen and oxygen atoms in total. The summed E-state index contributed by atoms with van der Waals surface area (Å²) >= 11 is 3.41. The number of hydrogen-bond donors (Lipinski definition) is 1. The quantitative estimate of drug-likeness (QED) is 0.821. The second-order valence-corrected chi connectivity index (χ2v) is 5.59. The van der Waals surface area contributed by atoms with Crippen molar-refractivity contribution in [1.29, 1.82) is 0 Å². The molecule has 2 rings (SSSR count). The van der Waals surface area contributed by atoms with E-state index in [1.54, 1.807) is 14.2 Å². The molecule has 0 saturated carbocycles. The lowest BCUT2D eigenvalue weighted by molar-refractivity contribution is 0.395. The van der Waals surface area contributed by atoms with Crippen LogP contribution >= 0.6 is 15.9 Å². The minimum Gasteiger partial charge on any atom is -0.497 e. The van der Waals surface area contributed by atoms with Crippen molar-refractivity contribution in [3.63, 3.8) is 0 Å². The number of hydrogen-bond acceptors (Lipinski definition) is 5. The Kier molecular flexibility index (Phi) is 5.01. The average molecular weight is 352 g/mol. The lowest BCUT2D eigenvalue weighted by atomic mass is 10.2. The van der Waals surface area contributed by atoms with Crippen LogP contribution < -0.4 is 14.8 Å². The SMILES string of the molecule is COc1ccc(Nc2cc(Br)nc(C(C)C)n2)c(OC)c1. The van der Waals surface area contributed by atoms with Gasteiger partial charge in [0.1, 0.15) is 27.7 Å². The molecule has 1 aromatic carbocycles. The fourth-order valence-corrected chi connectivity index (χ4v) is 2.20. The highest BCUT2D eigenvalue weighted by atomic mass is 79.9. The molecule has 0 aliphatic heterocycles. The molecule has 0 unspecified atom stereocenters. The van der Waals surface area contributed by atoms with Crippen molar-refractivity contribution in [2.24, 2.45) is 0 Å². The number of nitrogens with zero attached hydrogens (tertiary/aromatic N) is 2. The first-order valence-corrected chi connectivity index (χ1v) is 7.36. The van der Waals surface area contributed by atoms with Crippen molar-refractivity contribution in [2.75, 3.05) is 19.5 Å². The van der Waals surface area contributed by atoms with Crippen LogP contribution in [0.2, 0.25) is 0 Å². The Hall–Kier alpha value is -1.82. The fraction of sp³-hybridized carbons (Fsp3) is 0.333. The van der Waals surface area contributed by atoms with Crippen molar-refractivity contribution in [2.45, 2.75) is 19.8 Å². The lowest BCUT2D eigenvalue weighted by Gasteiger charge is -2.13. The summed E-state index contributed by atoms with van der Waals surface area (Å²) in [4.78, 5) is 8.87. The van der Waals surface area contributed by atoms with Gasteiger partial charge in [0.05, 0.1) is 19.9 Å². The topological polar surface area (TPSA) is 56.3 Å². The van der Waals surface area contributed by atoms with Crippen LogP contribution in [0.25, 0.3) is 0 Å². The van der Waals surface area contributed by atoms with Gasteiger partial charge in [-0.3, -0.25) is 0 Å². The van der Waals surface area contributed by atoms with Crippen molar-refractivity contribution in [3.8, 4) is 11.5 Å². The fourth-order valence-electron chi connectivity index (χ4n) is 1.80. The standard InChI is InChI=1S/C15H18BrN3O2/c1-9(2)15-18-13(16)8-14(19-15)17-11-6-5-10(20-3)7-12(11)21-4/h5-9H,1-4H3,(H,17,18,19). The van der Waals surface area contributed by atoms with Gasteiger partial charge in [-0.1, -0.05) is 13.8 Å². The summed E-state index contributed by atoms with van der Waals surface area (Å²) in [6, 6.07) is 7.41. The van der Waals surface area contributed by atoms with Gasteiger partial charge in [0, 0.05) is 18.1 Å². The summed E-state index contributed by atoms with van der Waals surface area (Å²) in [6.07, 6.45) is 0. The molecule has 6 heteroatoms.